The van der Waals surface area contributed by atoms with Gasteiger partial charge in [-0.3, -0.25) is 0 Å². The number of sulfone groups is 1. The fourth-order valence-electron chi connectivity index (χ4n) is 0.645. The Bertz CT molecular complexity index is 209. The van der Waals surface area contributed by atoms with Crippen molar-refractivity contribution in [1.29, 1.82) is 0 Å². The molecule has 0 aliphatic carbocycles. The van der Waals surface area contributed by atoms with E-state index in [1.807, 2.05) is 0 Å². The fraction of sp³-hybridized carbons (Fsp3) is 1.00. The molecule has 5 heteroatoms. The molecular weight excluding hydrogens is 180 g/mol. The minimum absolute atomic E-state index is 0.0879. The maximum atomic E-state index is 11.2. The van der Waals surface area contributed by atoms with Crippen molar-refractivity contribution in [3.05, 3.63) is 0 Å². The van der Waals surface area contributed by atoms with Crippen LogP contribution < -0.4 is 0 Å². The van der Waals surface area contributed by atoms with Gasteiger partial charge in [-0.1, -0.05) is 6.92 Å². The molecule has 2 unspecified atom stereocenters. The molecule has 0 aromatic heterocycles. The Balaban J connectivity index is 4.13. The number of hydrogen-bond donors (Lipinski definition) is 0. The molecule has 0 saturated carbocycles. The van der Waals surface area contributed by atoms with Gasteiger partial charge in [0.15, 0.2) is 21.6 Å². The summed E-state index contributed by atoms with van der Waals surface area (Å²) in [4.78, 5) is 0. The van der Waals surface area contributed by atoms with Gasteiger partial charge in [-0.25, -0.2) is 8.42 Å². The first-order valence-corrected chi connectivity index (χ1v) is 5.55. The van der Waals surface area contributed by atoms with E-state index in [0.717, 1.165) is 0 Å². The number of ether oxygens (including phenoxy) is 2. The van der Waals surface area contributed by atoms with E-state index < -0.39 is 21.6 Å². The Morgan fingerprint density at radius 2 is 1.83 bits per heavy atom. The lowest BCUT2D eigenvalue weighted by molar-refractivity contribution is -0.118. The van der Waals surface area contributed by atoms with Crippen LogP contribution in [-0.4, -0.2) is 33.0 Å². The number of methoxy groups -OCH3 is 1. The van der Waals surface area contributed by atoms with Gasteiger partial charge >= 0.3 is 0 Å². The summed E-state index contributed by atoms with van der Waals surface area (Å²) in [6.45, 7) is 4.75. The summed E-state index contributed by atoms with van der Waals surface area (Å²) in [5.74, 6) is 0.0879. The van der Waals surface area contributed by atoms with Crippen LogP contribution in [0.1, 0.15) is 20.8 Å². The summed E-state index contributed by atoms with van der Waals surface area (Å²) in [5.41, 5.74) is -0.794. The quantitative estimate of drug-likeness (QED) is 0.610. The largest absolute Gasteiger partial charge is 0.356 e. The molecule has 0 spiro atoms. The fourth-order valence-corrected chi connectivity index (χ4v) is 1.44. The van der Waals surface area contributed by atoms with Crippen molar-refractivity contribution >= 4 is 9.84 Å². The summed E-state index contributed by atoms with van der Waals surface area (Å²) in [6.07, 6.45) is -0.485. The predicted molar refractivity (Wildman–Crippen MR) is 46.5 cm³/mol. The molecular formula is C7H16O4S. The lowest BCUT2D eigenvalue weighted by atomic mass is 10.7. The standard InChI is InChI=1S/C7H16O4S/c1-5-12(8,9)7(3)11-6(2)10-4/h6-7H,5H2,1-4H3. The van der Waals surface area contributed by atoms with E-state index in [9.17, 15) is 8.42 Å². The van der Waals surface area contributed by atoms with Gasteiger partial charge in [0.2, 0.25) is 0 Å². The van der Waals surface area contributed by atoms with Gasteiger partial charge in [0.25, 0.3) is 0 Å². The van der Waals surface area contributed by atoms with Crippen molar-refractivity contribution in [3.63, 3.8) is 0 Å². The summed E-state index contributed by atoms with van der Waals surface area (Å²) < 4.78 is 32.2. The van der Waals surface area contributed by atoms with E-state index >= 15 is 0 Å². The van der Waals surface area contributed by atoms with E-state index in [4.69, 9.17) is 9.47 Å². The maximum absolute atomic E-state index is 11.2. The Kier molecular flexibility index (Phi) is 4.74. The van der Waals surface area contributed by atoms with E-state index in [-0.39, 0.29) is 5.75 Å². The monoisotopic (exact) mass is 196 g/mol. The Labute approximate surface area is 73.8 Å². The normalized spacial score (nSPS) is 17.3. The Morgan fingerprint density at radius 3 is 2.17 bits per heavy atom. The first kappa shape index (κ1) is 11.9. The van der Waals surface area contributed by atoms with Crippen LogP contribution in [0.3, 0.4) is 0 Å². The zero-order chi connectivity index (χ0) is 9.78. The Morgan fingerprint density at radius 1 is 1.33 bits per heavy atom. The van der Waals surface area contributed by atoms with Crippen LogP contribution in [0.2, 0.25) is 0 Å². The summed E-state index contributed by atoms with van der Waals surface area (Å²) >= 11 is 0. The molecule has 0 aromatic carbocycles. The molecule has 0 aliphatic rings. The lowest BCUT2D eigenvalue weighted by Gasteiger charge is -2.17. The van der Waals surface area contributed by atoms with Crippen LogP contribution in [0.15, 0.2) is 0 Å². The van der Waals surface area contributed by atoms with Crippen LogP contribution in [0.25, 0.3) is 0 Å². The summed E-state index contributed by atoms with van der Waals surface area (Å²) in [5, 5.41) is 0. The highest BCUT2D eigenvalue weighted by Gasteiger charge is 2.20. The van der Waals surface area contributed by atoms with Gasteiger partial charge in [0.05, 0.1) is 0 Å². The van der Waals surface area contributed by atoms with Crippen LogP contribution in [-0.2, 0) is 19.3 Å². The van der Waals surface area contributed by atoms with E-state index in [0.29, 0.717) is 0 Å². The molecule has 0 aromatic rings. The molecule has 0 N–H and O–H groups in total. The average molecular weight is 196 g/mol. The third kappa shape index (κ3) is 3.51. The molecule has 0 heterocycles. The first-order chi connectivity index (χ1) is 5.44. The minimum Gasteiger partial charge on any atom is -0.356 e. The van der Waals surface area contributed by atoms with Gasteiger partial charge in [-0.15, -0.1) is 0 Å². The van der Waals surface area contributed by atoms with Crippen LogP contribution >= 0.6 is 0 Å². The van der Waals surface area contributed by atoms with Gasteiger partial charge in [-0.05, 0) is 13.8 Å². The summed E-state index contributed by atoms with van der Waals surface area (Å²) in [7, 11) is -1.64. The lowest BCUT2D eigenvalue weighted by Crippen LogP contribution is -2.27. The third-order valence-electron chi connectivity index (χ3n) is 1.62. The van der Waals surface area contributed by atoms with Crippen molar-refractivity contribution in [3.8, 4) is 0 Å². The van der Waals surface area contributed by atoms with Gasteiger partial charge in [-0.2, -0.15) is 0 Å². The highest BCUT2D eigenvalue weighted by atomic mass is 32.2. The second kappa shape index (κ2) is 4.79. The molecule has 0 rings (SSSR count). The molecule has 0 saturated heterocycles. The Hall–Kier alpha value is -0.130. The molecule has 2 atom stereocenters. The van der Waals surface area contributed by atoms with Crippen molar-refractivity contribution in [2.24, 2.45) is 0 Å². The molecule has 0 fully saturated rings. The summed E-state index contributed by atoms with van der Waals surface area (Å²) in [6, 6.07) is 0. The third-order valence-corrected chi connectivity index (χ3v) is 3.55. The van der Waals surface area contributed by atoms with Crippen molar-refractivity contribution < 1.29 is 17.9 Å². The molecule has 74 valence electrons. The van der Waals surface area contributed by atoms with Gasteiger partial charge in [0.1, 0.15) is 0 Å². The van der Waals surface area contributed by atoms with Gasteiger partial charge < -0.3 is 9.47 Å². The second-order valence-corrected chi connectivity index (χ2v) is 5.03. The van der Waals surface area contributed by atoms with Crippen molar-refractivity contribution in [2.45, 2.75) is 32.5 Å². The molecule has 12 heavy (non-hydrogen) atoms. The highest BCUT2D eigenvalue weighted by Crippen LogP contribution is 2.06. The van der Waals surface area contributed by atoms with Crippen LogP contribution in [0, 0.1) is 0 Å². The number of hydrogen-bond acceptors (Lipinski definition) is 4. The molecule has 0 radical (unpaired) electrons. The van der Waals surface area contributed by atoms with E-state index in [2.05, 4.69) is 0 Å². The average Bonchev–Trinajstić information content (AvgIpc) is 2.04. The maximum Gasteiger partial charge on any atom is 0.176 e. The molecule has 0 amide bonds. The highest BCUT2D eigenvalue weighted by molar-refractivity contribution is 7.91. The SMILES string of the molecule is CCS(=O)(=O)C(C)OC(C)OC. The zero-order valence-corrected chi connectivity index (χ0v) is 8.72. The van der Waals surface area contributed by atoms with Crippen molar-refractivity contribution in [1.82, 2.24) is 0 Å². The second-order valence-electron chi connectivity index (χ2n) is 2.46. The molecule has 0 bridgehead atoms. The van der Waals surface area contributed by atoms with Crippen molar-refractivity contribution in [2.75, 3.05) is 12.9 Å². The number of rotatable bonds is 5. The smallest absolute Gasteiger partial charge is 0.176 e. The van der Waals surface area contributed by atoms with Crippen LogP contribution in [0.4, 0.5) is 0 Å². The topological polar surface area (TPSA) is 52.6 Å². The molecule has 0 aliphatic heterocycles. The first-order valence-electron chi connectivity index (χ1n) is 3.83. The predicted octanol–water partition coefficient (Wildman–Crippen LogP) is 0.776. The molecule has 4 nitrogen and oxygen atoms in total. The van der Waals surface area contributed by atoms with E-state index in [1.54, 1.807) is 13.8 Å². The van der Waals surface area contributed by atoms with Gasteiger partial charge in [0, 0.05) is 12.9 Å². The van der Waals surface area contributed by atoms with Crippen LogP contribution in [0.5, 0.6) is 0 Å². The van der Waals surface area contributed by atoms with E-state index in [1.165, 1.54) is 14.0 Å². The minimum atomic E-state index is -3.11. The zero-order valence-electron chi connectivity index (χ0n) is 7.90.